The Balaban J connectivity index is 1.32. The van der Waals surface area contributed by atoms with E-state index >= 15 is 0 Å². The molecule has 0 aliphatic carbocycles. The summed E-state index contributed by atoms with van der Waals surface area (Å²) in [5.41, 5.74) is 1.01. The van der Waals surface area contributed by atoms with Gasteiger partial charge in [0.25, 0.3) is 11.8 Å². The molecule has 5 N–H and O–H groups in total. The molecule has 0 bridgehead atoms. The van der Waals surface area contributed by atoms with Gasteiger partial charge in [0.1, 0.15) is 39.7 Å². The Bertz CT molecular complexity index is 1540. The number of β-lactam (4-membered cyclic amide) rings is 1. The van der Waals surface area contributed by atoms with Gasteiger partial charge in [0.05, 0.1) is 0 Å². The Morgan fingerprint density at radius 1 is 1.07 bits per heavy atom. The van der Waals surface area contributed by atoms with Crippen LogP contribution in [0.4, 0.5) is 0 Å². The third kappa shape index (κ3) is 6.01. The molecule has 41 heavy (non-hydrogen) atoms. The van der Waals surface area contributed by atoms with Crippen molar-refractivity contribution in [3.8, 4) is 11.5 Å². The molecular formula is C26H23N5O7S3. The summed E-state index contributed by atoms with van der Waals surface area (Å²) in [6.45, 7) is 1.82. The van der Waals surface area contributed by atoms with Crippen molar-refractivity contribution < 1.29 is 34.5 Å². The van der Waals surface area contributed by atoms with Crippen LogP contribution in [0.2, 0.25) is 0 Å². The lowest BCUT2D eigenvalue weighted by molar-refractivity contribution is -0.151. The Labute approximate surface area is 245 Å². The van der Waals surface area contributed by atoms with Crippen molar-refractivity contribution in [3.63, 3.8) is 0 Å². The van der Waals surface area contributed by atoms with Crippen molar-refractivity contribution in [3.05, 3.63) is 75.9 Å². The number of aromatic hydroxyl groups is 2. The van der Waals surface area contributed by atoms with Gasteiger partial charge < -0.3 is 26.0 Å². The standard InChI is InChI=1S/C26H23N5O7S3/c1-12-29-30-26(41-12)40-11-15-10-39-24-19(23(36)31(24)20(15)25(37)38)28-22(35)18(13-2-6-16(32)7-3-13)27-21(34)14-4-8-17(33)9-5-14/h2-9,18-19,24,32-33H,10-11H2,1H3,(H,27,34)(H,28,35)(H,37,38)/t18?,19?,24-/m1/s1. The minimum absolute atomic E-state index is 0.0285. The molecule has 0 saturated carbocycles. The van der Waals surface area contributed by atoms with E-state index in [0.29, 0.717) is 27.0 Å². The van der Waals surface area contributed by atoms with Crippen LogP contribution in [0, 0.1) is 6.92 Å². The molecule has 1 fully saturated rings. The van der Waals surface area contributed by atoms with Crippen molar-refractivity contribution in [2.45, 2.75) is 28.7 Å². The normalized spacial score (nSPS) is 18.8. The second kappa shape index (κ2) is 11.8. The molecule has 3 amide bonds. The van der Waals surface area contributed by atoms with E-state index in [2.05, 4.69) is 20.8 Å². The minimum atomic E-state index is -1.24. The number of aryl methyl sites for hydroxylation is 1. The topological polar surface area (TPSA) is 182 Å². The summed E-state index contributed by atoms with van der Waals surface area (Å²) in [5.74, 6) is -2.50. The molecule has 2 unspecified atom stereocenters. The van der Waals surface area contributed by atoms with Gasteiger partial charge in [-0.25, -0.2) is 4.79 Å². The largest absolute Gasteiger partial charge is 0.508 e. The Hall–Kier alpha value is -4.08. The van der Waals surface area contributed by atoms with Crippen molar-refractivity contribution in [2.75, 3.05) is 11.5 Å². The molecule has 3 atom stereocenters. The fourth-order valence-corrected chi connectivity index (χ4v) is 7.61. The van der Waals surface area contributed by atoms with Crippen molar-refractivity contribution >= 4 is 58.6 Å². The van der Waals surface area contributed by atoms with Crippen molar-refractivity contribution in [1.82, 2.24) is 25.7 Å². The zero-order valence-electron chi connectivity index (χ0n) is 21.3. The van der Waals surface area contributed by atoms with Crippen LogP contribution in [0.3, 0.4) is 0 Å². The SMILES string of the molecule is Cc1nnc(SCC2=C(C(=O)O)N3C(=O)C(NC(=O)C(NC(=O)c4ccc(O)cc4)c4ccc(O)cc4)[C@H]3SC2)s1. The first kappa shape index (κ1) is 28.4. The number of carbonyl (C=O) groups is 4. The van der Waals surface area contributed by atoms with Gasteiger partial charge in [-0.1, -0.05) is 35.2 Å². The number of hydrogen-bond acceptors (Lipinski definition) is 11. The summed E-state index contributed by atoms with van der Waals surface area (Å²) in [4.78, 5) is 52.9. The zero-order chi connectivity index (χ0) is 29.3. The second-order valence-corrected chi connectivity index (χ2v) is 12.6. The van der Waals surface area contributed by atoms with E-state index < -0.39 is 41.1 Å². The Kier molecular flexibility index (Phi) is 8.19. The maximum atomic E-state index is 13.5. The molecule has 12 nitrogen and oxygen atoms in total. The van der Waals surface area contributed by atoms with E-state index in [1.807, 2.05) is 6.92 Å². The van der Waals surface area contributed by atoms with E-state index in [-0.39, 0.29) is 22.8 Å². The molecule has 0 spiro atoms. The highest BCUT2D eigenvalue weighted by Gasteiger charge is 2.54. The number of carboxylic acid groups (broad SMARTS) is 1. The summed E-state index contributed by atoms with van der Waals surface area (Å²) < 4.78 is 0.696. The van der Waals surface area contributed by atoms with Gasteiger partial charge in [-0.2, -0.15) is 0 Å². The van der Waals surface area contributed by atoms with Crippen molar-refractivity contribution in [2.24, 2.45) is 0 Å². The smallest absolute Gasteiger partial charge is 0.352 e. The molecule has 5 rings (SSSR count). The van der Waals surface area contributed by atoms with Crippen LogP contribution in [0.25, 0.3) is 0 Å². The fourth-order valence-electron chi connectivity index (χ4n) is 4.31. The summed E-state index contributed by atoms with van der Waals surface area (Å²) >= 11 is 4.08. The highest BCUT2D eigenvalue weighted by atomic mass is 32.2. The number of fused-ring (bicyclic) bond motifs is 1. The molecule has 3 aromatic rings. The van der Waals surface area contributed by atoms with E-state index in [9.17, 15) is 34.5 Å². The molecule has 212 valence electrons. The maximum Gasteiger partial charge on any atom is 0.352 e. The van der Waals surface area contributed by atoms with Gasteiger partial charge in [-0.15, -0.1) is 22.0 Å². The van der Waals surface area contributed by atoms with Crippen LogP contribution in [0.15, 0.2) is 64.1 Å². The molecule has 1 aromatic heterocycles. The number of benzene rings is 2. The van der Waals surface area contributed by atoms with Gasteiger partial charge in [-0.05, 0) is 54.5 Å². The lowest BCUT2D eigenvalue weighted by atomic mass is 10.0. The highest BCUT2D eigenvalue weighted by Crippen LogP contribution is 2.42. The first-order valence-corrected chi connectivity index (χ1v) is 15.0. The van der Waals surface area contributed by atoms with E-state index in [1.54, 1.807) is 0 Å². The van der Waals surface area contributed by atoms with Crippen LogP contribution in [-0.4, -0.2) is 77.0 Å². The lowest BCUT2D eigenvalue weighted by Gasteiger charge is -2.49. The lowest BCUT2D eigenvalue weighted by Crippen LogP contribution is -2.71. The van der Waals surface area contributed by atoms with Gasteiger partial charge in [0, 0.05) is 17.1 Å². The Morgan fingerprint density at radius 3 is 2.34 bits per heavy atom. The monoisotopic (exact) mass is 613 g/mol. The molecule has 15 heteroatoms. The predicted octanol–water partition coefficient (Wildman–Crippen LogP) is 2.26. The van der Waals surface area contributed by atoms with Gasteiger partial charge >= 0.3 is 5.97 Å². The Morgan fingerprint density at radius 2 is 1.73 bits per heavy atom. The number of rotatable bonds is 9. The third-order valence-electron chi connectivity index (χ3n) is 6.32. The zero-order valence-corrected chi connectivity index (χ0v) is 23.8. The number of carboxylic acids is 1. The summed E-state index contributed by atoms with van der Waals surface area (Å²) in [6.07, 6.45) is 0. The van der Waals surface area contributed by atoms with E-state index in [4.69, 9.17) is 0 Å². The second-order valence-electron chi connectivity index (χ2n) is 9.07. The first-order valence-electron chi connectivity index (χ1n) is 12.1. The number of aromatic nitrogens is 2. The number of hydrogen-bond donors (Lipinski definition) is 5. The van der Waals surface area contributed by atoms with E-state index in [1.165, 1.54) is 88.3 Å². The summed E-state index contributed by atoms with van der Waals surface area (Å²) in [7, 11) is 0. The first-order chi connectivity index (χ1) is 19.6. The number of phenols is 2. The number of thioether (sulfide) groups is 2. The molecule has 2 aromatic carbocycles. The van der Waals surface area contributed by atoms with Crippen LogP contribution >= 0.6 is 34.9 Å². The number of aliphatic carboxylic acids is 1. The third-order valence-corrected chi connectivity index (χ3v) is 9.72. The quantitative estimate of drug-likeness (QED) is 0.176. The van der Waals surface area contributed by atoms with Crippen LogP contribution in [0.1, 0.15) is 27.0 Å². The van der Waals surface area contributed by atoms with Gasteiger partial charge in [0.2, 0.25) is 5.91 Å². The van der Waals surface area contributed by atoms with Gasteiger partial charge in [-0.3, -0.25) is 19.3 Å². The molecule has 1 saturated heterocycles. The number of nitrogens with zero attached hydrogens (tertiary/aromatic N) is 3. The number of nitrogens with one attached hydrogen (secondary N) is 2. The molecule has 2 aliphatic rings. The number of phenolic OH excluding ortho intramolecular Hbond substituents is 2. The van der Waals surface area contributed by atoms with Gasteiger partial charge in [0.15, 0.2) is 4.34 Å². The predicted molar refractivity (Wildman–Crippen MR) is 151 cm³/mol. The van der Waals surface area contributed by atoms with Crippen LogP contribution in [-0.2, 0) is 14.4 Å². The van der Waals surface area contributed by atoms with Crippen LogP contribution in [0.5, 0.6) is 11.5 Å². The fraction of sp³-hybridized carbons (Fsp3) is 0.231. The summed E-state index contributed by atoms with van der Waals surface area (Å²) in [5, 5.41) is 42.6. The number of carbonyl (C=O) groups excluding carboxylic acids is 3. The average molecular weight is 614 g/mol. The molecular weight excluding hydrogens is 591 g/mol. The average Bonchev–Trinajstić information content (AvgIpc) is 3.38. The highest BCUT2D eigenvalue weighted by molar-refractivity contribution is 8.01. The molecule has 3 heterocycles. The number of amides is 3. The van der Waals surface area contributed by atoms with Crippen LogP contribution < -0.4 is 10.6 Å². The van der Waals surface area contributed by atoms with Crippen molar-refractivity contribution in [1.29, 1.82) is 0 Å². The molecule has 2 aliphatic heterocycles. The molecule has 0 radical (unpaired) electrons. The maximum absolute atomic E-state index is 13.5. The minimum Gasteiger partial charge on any atom is -0.508 e. The summed E-state index contributed by atoms with van der Waals surface area (Å²) in [6, 6.07) is 8.88. The van der Waals surface area contributed by atoms with E-state index in [0.717, 1.165) is 5.01 Å².